The topological polar surface area (TPSA) is 91.2 Å². The number of rotatable bonds is 4. The molecule has 0 atom stereocenters. The van der Waals surface area contributed by atoms with Gasteiger partial charge in [0.1, 0.15) is 24.5 Å². The first-order chi connectivity index (χ1) is 15.1. The number of methoxy groups -OCH3 is 1. The van der Waals surface area contributed by atoms with E-state index in [2.05, 4.69) is 10.3 Å². The van der Waals surface area contributed by atoms with E-state index in [1.807, 2.05) is 29.6 Å². The highest BCUT2D eigenvalue weighted by Crippen LogP contribution is 2.32. The van der Waals surface area contributed by atoms with Crippen LogP contribution in [-0.2, 0) is 0 Å². The molecule has 0 spiro atoms. The summed E-state index contributed by atoms with van der Waals surface area (Å²) in [5, 5.41) is 4.57. The SMILES string of the molecule is COc1cccc(-c2csc3ncc(C(=O)Nc4ccc5c(c4)OCCO5)c(=O)n23)c1. The fourth-order valence-electron chi connectivity index (χ4n) is 3.35. The van der Waals surface area contributed by atoms with Crippen LogP contribution in [0, 0.1) is 0 Å². The van der Waals surface area contributed by atoms with E-state index in [0.717, 1.165) is 5.56 Å². The highest BCUT2D eigenvalue weighted by Gasteiger charge is 2.19. The number of amides is 1. The Morgan fingerprint density at radius 3 is 2.84 bits per heavy atom. The van der Waals surface area contributed by atoms with Crippen molar-refractivity contribution in [2.75, 3.05) is 25.6 Å². The Morgan fingerprint density at radius 1 is 1.16 bits per heavy atom. The maximum Gasteiger partial charge on any atom is 0.271 e. The molecule has 1 aliphatic heterocycles. The molecule has 8 nitrogen and oxygen atoms in total. The second-order valence-electron chi connectivity index (χ2n) is 6.76. The van der Waals surface area contributed by atoms with Crippen LogP contribution in [0.2, 0.25) is 0 Å². The van der Waals surface area contributed by atoms with Crippen LogP contribution in [0.5, 0.6) is 17.2 Å². The molecule has 2 aromatic carbocycles. The zero-order valence-corrected chi connectivity index (χ0v) is 17.3. The second-order valence-corrected chi connectivity index (χ2v) is 7.60. The normalized spacial score (nSPS) is 12.5. The van der Waals surface area contributed by atoms with Gasteiger partial charge in [-0.3, -0.25) is 14.0 Å². The number of anilines is 1. The molecule has 1 amide bonds. The van der Waals surface area contributed by atoms with E-state index in [4.69, 9.17) is 14.2 Å². The third kappa shape index (κ3) is 3.49. The standard InChI is InChI=1S/C22H17N3O5S/c1-28-15-4-2-3-13(9-15)17-12-31-22-23-11-16(21(27)25(17)22)20(26)24-14-5-6-18-19(10-14)30-8-7-29-18/h2-6,9-12H,7-8H2,1H3,(H,24,26). The molecule has 0 unspecified atom stereocenters. The highest BCUT2D eigenvalue weighted by molar-refractivity contribution is 7.15. The first kappa shape index (κ1) is 19.1. The van der Waals surface area contributed by atoms with Gasteiger partial charge >= 0.3 is 0 Å². The predicted octanol–water partition coefficient (Wildman–Crippen LogP) is 3.46. The Hall–Kier alpha value is -3.85. The van der Waals surface area contributed by atoms with Gasteiger partial charge in [-0.1, -0.05) is 12.1 Å². The lowest BCUT2D eigenvalue weighted by Crippen LogP contribution is -2.26. The van der Waals surface area contributed by atoms with Gasteiger partial charge in [0, 0.05) is 28.9 Å². The van der Waals surface area contributed by atoms with Crippen LogP contribution in [0.3, 0.4) is 0 Å². The lowest BCUT2D eigenvalue weighted by atomic mass is 10.1. The molecule has 0 saturated carbocycles. The molecule has 0 bridgehead atoms. The first-order valence-electron chi connectivity index (χ1n) is 9.49. The number of benzene rings is 2. The number of fused-ring (bicyclic) bond motifs is 2. The van der Waals surface area contributed by atoms with E-state index in [1.54, 1.807) is 25.3 Å². The second kappa shape index (κ2) is 7.77. The van der Waals surface area contributed by atoms with Crippen molar-refractivity contribution in [3.63, 3.8) is 0 Å². The molecule has 9 heteroatoms. The average molecular weight is 435 g/mol. The molecule has 0 saturated heterocycles. The van der Waals surface area contributed by atoms with Crippen molar-refractivity contribution in [3.05, 3.63) is 70.0 Å². The number of thiazole rings is 1. The number of nitrogens with zero attached hydrogens (tertiary/aromatic N) is 2. The minimum atomic E-state index is -0.550. The average Bonchev–Trinajstić information content (AvgIpc) is 3.24. The molecule has 1 N–H and O–H groups in total. The minimum Gasteiger partial charge on any atom is -0.497 e. The Bertz CT molecular complexity index is 1360. The fourth-order valence-corrected chi connectivity index (χ4v) is 4.21. The van der Waals surface area contributed by atoms with E-state index < -0.39 is 11.5 Å². The maximum atomic E-state index is 13.2. The Balaban J connectivity index is 1.51. The quantitative estimate of drug-likeness (QED) is 0.528. The summed E-state index contributed by atoms with van der Waals surface area (Å²) in [6, 6.07) is 12.5. The van der Waals surface area contributed by atoms with E-state index in [0.29, 0.717) is 46.8 Å². The number of nitrogens with one attached hydrogen (secondary N) is 1. The Labute approximate surface area is 180 Å². The van der Waals surface area contributed by atoms with Gasteiger partial charge in [-0.05, 0) is 24.3 Å². The van der Waals surface area contributed by atoms with Gasteiger partial charge in [-0.15, -0.1) is 11.3 Å². The van der Waals surface area contributed by atoms with Crippen LogP contribution >= 0.6 is 11.3 Å². The summed E-state index contributed by atoms with van der Waals surface area (Å²) < 4.78 is 17.8. The van der Waals surface area contributed by atoms with E-state index >= 15 is 0 Å². The predicted molar refractivity (Wildman–Crippen MR) is 117 cm³/mol. The third-order valence-electron chi connectivity index (χ3n) is 4.86. The van der Waals surface area contributed by atoms with Crippen molar-refractivity contribution in [2.24, 2.45) is 0 Å². The van der Waals surface area contributed by atoms with Crippen LogP contribution < -0.4 is 25.1 Å². The fraction of sp³-hybridized carbons (Fsp3) is 0.136. The van der Waals surface area contributed by atoms with Gasteiger partial charge in [0.25, 0.3) is 11.5 Å². The van der Waals surface area contributed by atoms with Gasteiger partial charge in [0.2, 0.25) is 0 Å². The summed E-state index contributed by atoms with van der Waals surface area (Å²) in [6.07, 6.45) is 1.30. The smallest absolute Gasteiger partial charge is 0.271 e. The Morgan fingerprint density at radius 2 is 2.00 bits per heavy atom. The summed E-state index contributed by atoms with van der Waals surface area (Å²) in [6.45, 7) is 0.926. The van der Waals surface area contributed by atoms with Gasteiger partial charge in [0.15, 0.2) is 16.5 Å². The highest BCUT2D eigenvalue weighted by atomic mass is 32.1. The summed E-state index contributed by atoms with van der Waals surface area (Å²) in [4.78, 5) is 30.9. The van der Waals surface area contributed by atoms with Crippen molar-refractivity contribution >= 4 is 27.9 Å². The van der Waals surface area contributed by atoms with Crippen LogP contribution in [0.4, 0.5) is 5.69 Å². The van der Waals surface area contributed by atoms with E-state index in [-0.39, 0.29) is 5.56 Å². The molecule has 2 aromatic heterocycles. The number of ether oxygens (including phenoxy) is 3. The third-order valence-corrected chi connectivity index (χ3v) is 5.70. The molecular weight excluding hydrogens is 418 g/mol. The van der Waals surface area contributed by atoms with Gasteiger partial charge in [-0.25, -0.2) is 4.98 Å². The minimum absolute atomic E-state index is 0.0602. The molecule has 0 aliphatic carbocycles. The Kier molecular flexibility index (Phi) is 4.79. The zero-order chi connectivity index (χ0) is 21.4. The molecule has 0 radical (unpaired) electrons. The van der Waals surface area contributed by atoms with Crippen molar-refractivity contribution in [2.45, 2.75) is 0 Å². The molecule has 4 aromatic rings. The van der Waals surface area contributed by atoms with Crippen molar-refractivity contribution in [1.29, 1.82) is 0 Å². The van der Waals surface area contributed by atoms with Crippen molar-refractivity contribution in [1.82, 2.24) is 9.38 Å². The summed E-state index contributed by atoms with van der Waals surface area (Å²) in [7, 11) is 1.58. The van der Waals surface area contributed by atoms with Crippen molar-refractivity contribution in [3.8, 4) is 28.5 Å². The van der Waals surface area contributed by atoms with Crippen molar-refractivity contribution < 1.29 is 19.0 Å². The van der Waals surface area contributed by atoms with Crippen LogP contribution in [0.15, 0.2) is 58.8 Å². The van der Waals surface area contributed by atoms with E-state index in [1.165, 1.54) is 21.9 Å². The van der Waals surface area contributed by atoms with Crippen LogP contribution in [0.25, 0.3) is 16.2 Å². The van der Waals surface area contributed by atoms with Crippen LogP contribution in [-0.4, -0.2) is 35.6 Å². The van der Waals surface area contributed by atoms with Gasteiger partial charge in [0.05, 0.1) is 12.8 Å². The number of aromatic nitrogens is 2. The van der Waals surface area contributed by atoms with E-state index in [9.17, 15) is 9.59 Å². The maximum absolute atomic E-state index is 13.2. The number of carbonyl (C=O) groups excluding carboxylic acids is 1. The molecular formula is C22H17N3O5S. The molecule has 156 valence electrons. The summed E-state index contributed by atoms with van der Waals surface area (Å²) in [5.74, 6) is 1.29. The molecule has 3 heterocycles. The molecule has 0 fully saturated rings. The molecule has 5 rings (SSSR count). The van der Waals surface area contributed by atoms with Gasteiger partial charge < -0.3 is 19.5 Å². The first-order valence-corrected chi connectivity index (χ1v) is 10.4. The summed E-state index contributed by atoms with van der Waals surface area (Å²) in [5.41, 5.74) is 1.43. The zero-order valence-electron chi connectivity index (χ0n) is 16.5. The number of hydrogen-bond donors (Lipinski definition) is 1. The number of carbonyl (C=O) groups is 1. The van der Waals surface area contributed by atoms with Crippen LogP contribution in [0.1, 0.15) is 10.4 Å². The lowest BCUT2D eigenvalue weighted by molar-refractivity contribution is 0.102. The van der Waals surface area contributed by atoms with Gasteiger partial charge in [-0.2, -0.15) is 0 Å². The number of hydrogen-bond acceptors (Lipinski definition) is 7. The molecule has 31 heavy (non-hydrogen) atoms. The lowest BCUT2D eigenvalue weighted by Gasteiger charge is -2.18. The largest absolute Gasteiger partial charge is 0.497 e. The monoisotopic (exact) mass is 435 g/mol. The molecule has 1 aliphatic rings. The summed E-state index contributed by atoms with van der Waals surface area (Å²) >= 11 is 1.33.